The van der Waals surface area contributed by atoms with Gasteiger partial charge in [0.15, 0.2) is 73.0 Å². The molecule has 0 fully saturated rings. The van der Waals surface area contributed by atoms with Crippen molar-refractivity contribution in [2.24, 2.45) is 0 Å². The molecule has 5 aromatic heterocycles. The maximum atomic E-state index is 11.0. The van der Waals surface area contributed by atoms with Crippen LogP contribution in [-0.4, -0.2) is 113 Å². The minimum Gasteiger partial charge on any atom is -0.476 e. The van der Waals surface area contributed by atoms with E-state index in [4.69, 9.17) is 68.6 Å². The van der Waals surface area contributed by atoms with Gasteiger partial charge in [0, 0.05) is 24.8 Å². The first-order chi connectivity index (χ1) is 28.1. The van der Waals surface area contributed by atoms with Crippen LogP contribution in [0.25, 0.3) is 0 Å². The average molecular weight is 897 g/mol. The molecule has 0 aromatic carbocycles. The van der Waals surface area contributed by atoms with Gasteiger partial charge in [-0.3, -0.25) is 0 Å². The molecule has 0 saturated heterocycles. The van der Waals surface area contributed by atoms with Crippen molar-refractivity contribution >= 4 is 93.7 Å². The molecule has 0 spiro atoms. The molecule has 25 nitrogen and oxygen atoms in total. The van der Waals surface area contributed by atoms with Gasteiger partial charge in [0.2, 0.25) is 0 Å². The molecule has 0 aliphatic carbocycles. The Balaban J connectivity index is 0.000000376. The molecule has 0 saturated carbocycles. The van der Waals surface area contributed by atoms with Crippen molar-refractivity contribution in [2.45, 2.75) is 20.8 Å². The van der Waals surface area contributed by atoms with Gasteiger partial charge in [-0.25, -0.2) is 73.8 Å². The van der Waals surface area contributed by atoms with E-state index in [1.807, 2.05) is 0 Å². The summed E-state index contributed by atoms with van der Waals surface area (Å²) in [5, 5.41) is 8.49. The summed E-state index contributed by atoms with van der Waals surface area (Å²) in [6, 6.07) is 0. The molecular weight excluding hydrogens is 861 g/mol. The van der Waals surface area contributed by atoms with Gasteiger partial charge in [-0.15, -0.1) is 0 Å². The number of nitrogens with zero attached hydrogens (tertiary/aromatic N) is 10. The highest BCUT2D eigenvalue weighted by atomic mass is 35.5. The Bertz CT molecular complexity index is 2270. The lowest BCUT2D eigenvalue weighted by Crippen LogP contribution is -2.11. The predicted octanol–water partition coefficient (Wildman–Crippen LogP) is 2.02. The Kier molecular flexibility index (Phi) is 20.6. The van der Waals surface area contributed by atoms with Crippen molar-refractivity contribution in [3.8, 4) is 0 Å². The third kappa shape index (κ3) is 15.5. The van der Waals surface area contributed by atoms with E-state index in [-0.39, 0.29) is 73.0 Å². The highest BCUT2D eigenvalue weighted by Crippen LogP contribution is 2.20. The SMILES string of the molecule is COC(=O)c1nc(Cl)c(C)nc1N.COC(=O)c1nc(Cl)c(Cl)nc1N.COC(=O)c1ncc(C)nc1N.COC(=O)c1nccnc1N.Cc1cnc(C(=O)O)c(N)n1. The highest BCUT2D eigenvalue weighted by Gasteiger charge is 2.17. The van der Waals surface area contributed by atoms with E-state index >= 15 is 0 Å². The number of aromatic nitrogens is 10. The lowest BCUT2D eigenvalue weighted by atomic mass is 10.4. The summed E-state index contributed by atoms with van der Waals surface area (Å²) in [6.07, 6.45) is 5.60. The van der Waals surface area contributed by atoms with Crippen LogP contribution in [0.15, 0.2) is 24.8 Å². The van der Waals surface area contributed by atoms with E-state index in [0.29, 0.717) is 17.1 Å². The number of hydrogen-bond donors (Lipinski definition) is 6. The molecular formula is C32H36Cl3N15O10. The minimum atomic E-state index is -1.16. The number of esters is 4. The first kappa shape index (κ1) is 50.6. The van der Waals surface area contributed by atoms with E-state index in [9.17, 15) is 24.0 Å². The van der Waals surface area contributed by atoms with Crippen LogP contribution in [0.1, 0.15) is 69.5 Å². The second kappa shape index (κ2) is 24.4. The summed E-state index contributed by atoms with van der Waals surface area (Å²) < 4.78 is 17.7. The van der Waals surface area contributed by atoms with E-state index in [2.05, 4.69) is 68.8 Å². The minimum absolute atomic E-state index is 0.0220. The molecule has 0 aliphatic rings. The van der Waals surface area contributed by atoms with Crippen molar-refractivity contribution in [3.05, 3.63) is 85.8 Å². The molecule has 5 heterocycles. The number of carbonyl (C=O) groups is 5. The molecule has 0 bridgehead atoms. The third-order valence-electron chi connectivity index (χ3n) is 6.16. The Morgan fingerprint density at radius 1 is 0.467 bits per heavy atom. The lowest BCUT2D eigenvalue weighted by molar-refractivity contribution is 0.0586. The molecule has 11 N–H and O–H groups in total. The number of nitrogens with two attached hydrogens (primary N) is 5. The third-order valence-corrected chi connectivity index (χ3v) is 7.15. The molecule has 0 amide bonds. The summed E-state index contributed by atoms with van der Waals surface area (Å²) in [6.45, 7) is 5.08. The molecule has 5 aromatic rings. The Morgan fingerprint density at radius 2 is 0.817 bits per heavy atom. The smallest absolute Gasteiger partial charge is 0.360 e. The van der Waals surface area contributed by atoms with E-state index in [0.717, 1.165) is 0 Å². The van der Waals surface area contributed by atoms with Crippen LogP contribution < -0.4 is 28.7 Å². The highest BCUT2D eigenvalue weighted by molar-refractivity contribution is 6.40. The quantitative estimate of drug-likeness (QED) is 0.108. The number of halogens is 3. The number of anilines is 5. The average Bonchev–Trinajstić information content (AvgIpc) is 3.20. The zero-order valence-corrected chi connectivity index (χ0v) is 34.7. The number of methoxy groups -OCH3 is 4. The van der Waals surface area contributed by atoms with E-state index in [1.165, 1.54) is 53.2 Å². The van der Waals surface area contributed by atoms with Crippen LogP contribution >= 0.6 is 34.8 Å². The summed E-state index contributed by atoms with van der Waals surface area (Å²) in [7, 11) is 4.96. The van der Waals surface area contributed by atoms with E-state index in [1.54, 1.807) is 20.8 Å². The number of carbonyl (C=O) groups excluding carboxylic acids is 4. The largest absolute Gasteiger partial charge is 0.476 e. The van der Waals surface area contributed by atoms with E-state index < -0.39 is 29.8 Å². The fourth-order valence-electron chi connectivity index (χ4n) is 3.43. The van der Waals surface area contributed by atoms with Gasteiger partial charge in [0.25, 0.3) is 0 Å². The van der Waals surface area contributed by atoms with Crippen molar-refractivity contribution < 1.29 is 48.0 Å². The molecule has 0 unspecified atom stereocenters. The van der Waals surface area contributed by atoms with Crippen LogP contribution in [0.5, 0.6) is 0 Å². The van der Waals surface area contributed by atoms with Gasteiger partial charge in [-0.2, -0.15) is 0 Å². The topological polar surface area (TPSA) is 401 Å². The zero-order chi connectivity index (χ0) is 45.9. The van der Waals surface area contributed by atoms with Crippen molar-refractivity contribution in [2.75, 3.05) is 57.1 Å². The number of ether oxygens (including phenoxy) is 4. The monoisotopic (exact) mass is 895 g/mol. The summed E-state index contributed by atoms with van der Waals surface area (Å²) in [5.41, 5.74) is 28.3. The van der Waals surface area contributed by atoms with Crippen molar-refractivity contribution in [1.82, 2.24) is 49.8 Å². The first-order valence-electron chi connectivity index (χ1n) is 15.7. The number of carboxylic acids is 1. The normalized spacial score (nSPS) is 9.57. The fourth-order valence-corrected chi connectivity index (χ4v) is 3.82. The molecule has 320 valence electrons. The molecule has 28 heteroatoms. The van der Waals surface area contributed by atoms with Crippen molar-refractivity contribution in [3.63, 3.8) is 0 Å². The molecule has 0 aliphatic heterocycles. The summed E-state index contributed by atoms with van der Waals surface area (Å²) in [5.74, 6) is -3.60. The molecule has 5 rings (SSSR count). The van der Waals surface area contributed by atoms with Gasteiger partial charge >= 0.3 is 29.8 Å². The summed E-state index contributed by atoms with van der Waals surface area (Å²) in [4.78, 5) is 91.2. The second-order valence-electron chi connectivity index (χ2n) is 10.4. The molecule has 60 heavy (non-hydrogen) atoms. The number of nitrogen functional groups attached to an aromatic ring is 5. The van der Waals surface area contributed by atoms with Gasteiger partial charge < -0.3 is 52.7 Å². The van der Waals surface area contributed by atoms with Gasteiger partial charge in [-0.1, -0.05) is 34.8 Å². The molecule has 0 radical (unpaired) electrons. The predicted molar refractivity (Wildman–Crippen MR) is 214 cm³/mol. The Morgan fingerprint density at radius 3 is 1.23 bits per heavy atom. The van der Waals surface area contributed by atoms with Crippen LogP contribution in [0.4, 0.5) is 29.1 Å². The number of aryl methyl sites for hydroxylation is 3. The maximum absolute atomic E-state index is 11.0. The Hall–Kier alpha value is -7.38. The van der Waals surface area contributed by atoms with Gasteiger partial charge in [0.05, 0.1) is 45.5 Å². The molecule has 0 atom stereocenters. The maximum Gasteiger partial charge on any atom is 0.360 e. The van der Waals surface area contributed by atoms with Crippen LogP contribution in [-0.2, 0) is 18.9 Å². The number of hydrogen-bond acceptors (Lipinski definition) is 24. The van der Waals surface area contributed by atoms with Crippen LogP contribution in [0.2, 0.25) is 15.5 Å². The van der Waals surface area contributed by atoms with Crippen LogP contribution in [0, 0.1) is 20.8 Å². The first-order valence-corrected chi connectivity index (χ1v) is 16.9. The number of carboxylic acid groups (broad SMARTS) is 1. The number of aromatic carboxylic acids is 1. The standard InChI is InChI=1S/C7H8ClN3O2.C7H9N3O2.C6H5Cl2N3O2.2C6H7N3O2/c1-3-5(8)11-4(6(9)10-3)7(12)13-2;1-4-3-9-5(6(8)10-4)7(11)12-2;1-13-6(12)2-5(9)11-4(8)3(7)10-2;1-11-6(10)4-5(7)9-3-2-8-4;1-3-2-8-4(6(10)11)5(7)9-3/h1-2H3,(H2,9,10);3H,1-2H3,(H2,8,10);1H3,(H2,9,11);2-3H,1H3,(H2,7,9);2H,1H3,(H2,7,9)(H,10,11). The van der Waals surface area contributed by atoms with Gasteiger partial charge in [0.1, 0.15) is 0 Å². The fraction of sp³-hybridized carbons (Fsp3) is 0.219. The summed E-state index contributed by atoms with van der Waals surface area (Å²) >= 11 is 16.7. The van der Waals surface area contributed by atoms with Crippen molar-refractivity contribution in [1.29, 1.82) is 0 Å². The van der Waals surface area contributed by atoms with Crippen LogP contribution in [0.3, 0.4) is 0 Å². The van der Waals surface area contributed by atoms with Gasteiger partial charge in [-0.05, 0) is 20.8 Å². The number of rotatable bonds is 5. The zero-order valence-electron chi connectivity index (χ0n) is 32.4. The Labute approximate surface area is 354 Å². The second-order valence-corrected chi connectivity index (χ2v) is 11.5. The lowest BCUT2D eigenvalue weighted by Gasteiger charge is -2.03.